The van der Waals surface area contributed by atoms with E-state index in [4.69, 9.17) is 9.47 Å². The molecule has 1 aliphatic heterocycles. The number of methoxy groups -OCH3 is 1. The number of rotatable bonds is 6. The lowest BCUT2D eigenvalue weighted by Crippen LogP contribution is -2.28. The van der Waals surface area contributed by atoms with Crippen molar-refractivity contribution in [1.29, 1.82) is 0 Å². The van der Waals surface area contributed by atoms with Crippen LogP contribution in [-0.4, -0.2) is 37.1 Å². The average Bonchev–Trinajstić information content (AvgIpc) is 3.05. The molecular weight excluding hydrogens is 334 g/mol. The summed E-state index contributed by atoms with van der Waals surface area (Å²) in [6.45, 7) is 2.72. The third-order valence-corrected chi connectivity index (χ3v) is 4.16. The van der Waals surface area contributed by atoms with Gasteiger partial charge in [-0.15, -0.1) is 0 Å². The van der Waals surface area contributed by atoms with Gasteiger partial charge in [0.2, 0.25) is 17.7 Å². The molecule has 2 amide bonds. The highest BCUT2D eigenvalue weighted by atomic mass is 16.5. The predicted octanol–water partition coefficient (Wildman–Crippen LogP) is 2.48. The fourth-order valence-electron chi connectivity index (χ4n) is 2.89. The number of hydrogen-bond acceptors (Lipinski definition) is 5. The van der Waals surface area contributed by atoms with Gasteiger partial charge >= 0.3 is 0 Å². The number of nitrogens with zero attached hydrogens (tertiary/aromatic N) is 2. The number of para-hydroxylation sites is 2. The lowest BCUT2D eigenvalue weighted by molar-refractivity contribution is -0.122. The number of aromatic nitrogens is 1. The molecule has 1 N–H and O–H groups in total. The first kappa shape index (κ1) is 17.7. The van der Waals surface area contributed by atoms with Gasteiger partial charge in [0.05, 0.1) is 37.2 Å². The molecule has 0 aliphatic carbocycles. The number of ether oxygens (including phenoxy) is 2. The van der Waals surface area contributed by atoms with Crippen molar-refractivity contribution < 1.29 is 19.1 Å². The minimum absolute atomic E-state index is 0.0924. The topological polar surface area (TPSA) is 80.8 Å². The Kier molecular flexibility index (Phi) is 5.36. The quantitative estimate of drug-likeness (QED) is 0.861. The lowest BCUT2D eigenvalue weighted by Gasteiger charge is -2.20. The molecule has 1 aliphatic rings. The Bertz CT molecular complexity index is 792. The Balaban J connectivity index is 1.70. The smallest absolute Gasteiger partial charge is 0.229 e. The van der Waals surface area contributed by atoms with E-state index < -0.39 is 5.92 Å². The molecule has 7 heteroatoms. The first-order valence-electron chi connectivity index (χ1n) is 8.45. The van der Waals surface area contributed by atoms with Crippen LogP contribution < -0.4 is 19.7 Å². The van der Waals surface area contributed by atoms with E-state index in [0.29, 0.717) is 36.2 Å². The molecule has 2 heterocycles. The van der Waals surface area contributed by atoms with Crippen LogP contribution in [0.15, 0.2) is 42.6 Å². The zero-order valence-corrected chi connectivity index (χ0v) is 14.8. The van der Waals surface area contributed by atoms with Crippen LogP contribution in [-0.2, 0) is 9.59 Å². The average molecular weight is 355 g/mol. The Morgan fingerprint density at radius 3 is 2.81 bits per heavy atom. The standard InChI is InChI=1S/C19H21N3O4/c1-3-26-16-7-5-4-6-15(16)22-12-13(10-18(22)23)19(24)21-14-8-9-17(25-2)20-11-14/h4-9,11,13H,3,10,12H2,1-2H3,(H,21,24)/t13-/m0/s1. The van der Waals surface area contributed by atoms with Crippen molar-refractivity contribution in [2.75, 3.05) is 30.5 Å². The van der Waals surface area contributed by atoms with Gasteiger partial charge in [-0.1, -0.05) is 12.1 Å². The third kappa shape index (κ3) is 3.77. The minimum Gasteiger partial charge on any atom is -0.492 e. The van der Waals surface area contributed by atoms with Gasteiger partial charge in [0.1, 0.15) is 5.75 Å². The van der Waals surface area contributed by atoms with E-state index >= 15 is 0 Å². The normalized spacial score (nSPS) is 16.5. The Hall–Kier alpha value is -3.09. The van der Waals surface area contributed by atoms with Crippen LogP contribution in [0, 0.1) is 5.92 Å². The molecule has 1 aromatic heterocycles. The van der Waals surface area contributed by atoms with Crippen molar-refractivity contribution in [1.82, 2.24) is 4.98 Å². The number of nitrogens with one attached hydrogen (secondary N) is 1. The van der Waals surface area contributed by atoms with Crippen molar-refractivity contribution in [3.63, 3.8) is 0 Å². The fraction of sp³-hybridized carbons (Fsp3) is 0.316. The van der Waals surface area contributed by atoms with Crippen LogP contribution in [0.5, 0.6) is 11.6 Å². The van der Waals surface area contributed by atoms with E-state index in [-0.39, 0.29) is 18.2 Å². The number of anilines is 2. The van der Waals surface area contributed by atoms with Crippen molar-refractivity contribution in [3.05, 3.63) is 42.6 Å². The number of hydrogen-bond donors (Lipinski definition) is 1. The number of carbonyl (C=O) groups is 2. The molecule has 2 aromatic rings. The molecule has 7 nitrogen and oxygen atoms in total. The predicted molar refractivity (Wildman–Crippen MR) is 97.5 cm³/mol. The second-order valence-electron chi connectivity index (χ2n) is 5.88. The molecule has 1 aromatic carbocycles. The number of amides is 2. The van der Waals surface area contributed by atoms with Crippen LogP contribution in [0.2, 0.25) is 0 Å². The second kappa shape index (κ2) is 7.86. The molecule has 3 rings (SSSR count). The Morgan fingerprint density at radius 2 is 2.12 bits per heavy atom. The highest BCUT2D eigenvalue weighted by Gasteiger charge is 2.36. The van der Waals surface area contributed by atoms with Gasteiger partial charge in [-0.3, -0.25) is 9.59 Å². The monoisotopic (exact) mass is 355 g/mol. The molecule has 26 heavy (non-hydrogen) atoms. The molecule has 1 fully saturated rings. The third-order valence-electron chi connectivity index (χ3n) is 4.16. The number of pyridine rings is 1. The molecule has 1 saturated heterocycles. The summed E-state index contributed by atoms with van der Waals surface area (Å²) in [6.07, 6.45) is 1.69. The summed E-state index contributed by atoms with van der Waals surface area (Å²) in [4.78, 5) is 30.6. The zero-order valence-electron chi connectivity index (χ0n) is 14.8. The summed E-state index contributed by atoms with van der Waals surface area (Å²) < 4.78 is 10.6. The van der Waals surface area contributed by atoms with E-state index in [1.165, 1.54) is 13.3 Å². The molecule has 0 saturated carbocycles. The molecule has 1 atom stereocenters. The van der Waals surface area contributed by atoms with Crippen molar-refractivity contribution in [3.8, 4) is 11.6 Å². The zero-order chi connectivity index (χ0) is 18.5. The van der Waals surface area contributed by atoms with Crippen molar-refractivity contribution in [2.45, 2.75) is 13.3 Å². The van der Waals surface area contributed by atoms with E-state index in [1.807, 2.05) is 31.2 Å². The van der Waals surface area contributed by atoms with Crippen LogP contribution in [0.3, 0.4) is 0 Å². The van der Waals surface area contributed by atoms with Gasteiger partial charge in [0.25, 0.3) is 0 Å². The van der Waals surface area contributed by atoms with Gasteiger partial charge < -0.3 is 19.7 Å². The maximum atomic E-state index is 12.5. The van der Waals surface area contributed by atoms with E-state index in [0.717, 1.165) is 0 Å². The van der Waals surface area contributed by atoms with E-state index in [1.54, 1.807) is 17.0 Å². The van der Waals surface area contributed by atoms with Crippen LogP contribution in [0.4, 0.5) is 11.4 Å². The summed E-state index contributed by atoms with van der Waals surface area (Å²) >= 11 is 0. The van der Waals surface area contributed by atoms with Gasteiger partial charge in [-0.2, -0.15) is 0 Å². The molecule has 0 radical (unpaired) electrons. The van der Waals surface area contributed by atoms with Gasteiger partial charge in [0, 0.05) is 19.0 Å². The maximum Gasteiger partial charge on any atom is 0.229 e. The summed E-state index contributed by atoms with van der Waals surface area (Å²) in [5.41, 5.74) is 1.26. The minimum atomic E-state index is -0.431. The number of benzene rings is 1. The first-order chi connectivity index (χ1) is 12.6. The summed E-state index contributed by atoms with van der Waals surface area (Å²) in [6, 6.07) is 10.7. The van der Waals surface area contributed by atoms with E-state index in [2.05, 4.69) is 10.3 Å². The summed E-state index contributed by atoms with van der Waals surface area (Å²) in [5.74, 6) is 0.382. The SMILES string of the molecule is CCOc1ccccc1N1C[C@@H](C(=O)Nc2ccc(OC)nc2)CC1=O. The highest BCUT2D eigenvalue weighted by molar-refractivity contribution is 6.04. The second-order valence-corrected chi connectivity index (χ2v) is 5.88. The molecule has 0 bridgehead atoms. The Labute approximate surface area is 151 Å². The van der Waals surface area contributed by atoms with Gasteiger partial charge in [0.15, 0.2) is 0 Å². The largest absolute Gasteiger partial charge is 0.492 e. The first-order valence-corrected chi connectivity index (χ1v) is 8.45. The Morgan fingerprint density at radius 1 is 1.31 bits per heavy atom. The molecule has 0 spiro atoms. The van der Waals surface area contributed by atoms with Gasteiger partial charge in [-0.05, 0) is 25.1 Å². The molecule has 136 valence electrons. The maximum absolute atomic E-state index is 12.5. The van der Waals surface area contributed by atoms with Crippen LogP contribution in [0.1, 0.15) is 13.3 Å². The van der Waals surface area contributed by atoms with Crippen LogP contribution >= 0.6 is 0 Å². The van der Waals surface area contributed by atoms with Crippen LogP contribution in [0.25, 0.3) is 0 Å². The highest BCUT2D eigenvalue weighted by Crippen LogP contribution is 2.33. The summed E-state index contributed by atoms with van der Waals surface area (Å²) in [5, 5.41) is 2.80. The fourth-order valence-corrected chi connectivity index (χ4v) is 2.89. The van der Waals surface area contributed by atoms with Crippen molar-refractivity contribution >= 4 is 23.2 Å². The molecule has 0 unspecified atom stereocenters. The van der Waals surface area contributed by atoms with E-state index in [9.17, 15) is 9.59 Å². The lowest BCUT2D eigenvalue weighted by atomic mass is 10.1. The van der Waals surface area contributed by atoms with Crippen molar-refractivity contribution in [2.24, 2.45) is 5.92 Å². The summed E-state index contributed by atoms with van der Waals surface area (Å²) in [7, 11) is 1.53. The molecular formula is C19H21N3O4. The number of carbonyl (C=O) groups excluding carboxylic acids is 2. The van der Waals surface area contributed by atoms with Gasteiger partial charge in [-0.25, -0.2) is 4.98 Å².